The molecule has 1 aromatic rings. The van der Waals surface area contributed by atoms with Crippen LogP contribution in [-0.2, 0) is 11.2 Å². The molecule has 0 atom stereocenters. The zero-order chi connectivity index (χ0) is 11.1. The molecule has 0 fully saturated rings. The number of amides is 1. The van der Waals surface area contributed by atoms with Gasteiger partial charge in [-0.1, -0.05) is 13.8 Å². The molecule has 0 aliphatic heterocycles. The molecule has 5 nitrogen and oxygen atoms in total. The highest BCUT2D eigenvalue weighted by Crippen LogP contribution is 1.87. The van der Waals surface area contributed by atoms with Crippen molar-refractivity contribution in [1.82, 2.24) is 20.6 Å². The molecule has 0 unspecified atom stereocenters. The fourth-order valence-corrected chi connectivity index (χ4v) is 1.11. The molecule has 0 aromatic carbocycles. The van der Waals surface area contributed by atoms with Crippen LogP contribution in [0.3, 0.4) is 0 Å². The van der Waals surface area contributed by atoms with E-state index in [0.717, 1.165) is 12.2 Å². The van der Waals surface area contributed by atoms with E-state index in [9.17, 15) is 4.79 Å². The Morgan fingerprint density at radius 2 is 2.40 bits per heavy atom. The summed E-state index contributed by atoms with van der Waals surface area (Å²) in [6.45, 7) is 5.01. The second kappa shape index (κ2) is 6.19. The number of nitrogens with zero attached hydrogens (tertiary/aromatic N) is 1. The first-order valence-corrected chi connectivity index (χ1v) is 5.17. The van der Waals surface area contributed by atoms with Gasteiger partial charge in [-0.15, -0.1) is 0 Å². The molecule has 5 heteroatoms. The van der Waals surface area contributed by atoms with Gasteiger partial charge in [-0.2, -0.15) is 0 Å². The molecule has 0 saturated heterocycles. The number of aromatic nitrogens is 2. The number of rotatable bonds is 6. The average Bonchev–Trinajstić information content (AvgIpc) is 2.67. The number of carbonyl (C=O) groups excluding carboxylic acids is 1. The molecular formula is C10H18N4O. The Hall–Kier alpha value is -1.36. The third kappa shape index (κ3) is 5.17. The maximum Gasteiger partial charge on any atom is 0.233 e. The normalized spacial score (nSPS) is 10.6. The summed E-state index contributed by atoms with van der Waals surface area (Å²) in [5.41, 5.74) is 0. The molecule has 15 heavy (non-hydrogen) atoms. The predicted molar refractivity (Wildman–Crippen MR) is 58.4 cm³/mol. The van der Waals surface area contributed by atoms with Crippen molar-refractivity contribution in [2.75, 3.05) is 13.1 Å². The van der Waals surface area contributed by atoms with Gasteiger partial charge in [0.25, 0.3) is 0 Å². The van der Waals surface area contributed by atoms with Crippen molar-refractivity contribution < 1.29 is 4.79 Å². The van der Waals surface area contributed by atoms with Crippen LogP contribution in [0.25, 0.3) is 0 Å². The van der Waals surface area contributed by atoms with E-state index >= 15 is 0 Å². The van der Waals surface area contributed by atoms with Crippen LogP contribution in [-0.4, -0.2) is 35.0 Å². The van der Waals surface area contributed by atoms with Crippen molar-refractivity contribution in [3.05, 3.63) is 18.2 Å². The molecule has 0 spiro atoms. The quantitative estimate of drug-likeness (QED) is 0.622. The van der Waals surface area contributed by atoms with E-state index in [1.54, 1.807) is 12.4 Å². The van der Waals surface area contributed by atoms with Gasteiger partial charge in [-0.3, -0.25) is 4.79 Å². The van der Waals surface area contributed by atoms with Gasteiger partial charge in [-0.05, 0) is 0 Å². The third-order valence-electron chi connectivity index (χ3n) is 1.91. The Morgan fingerprint density at radius 3 is 3.00 bits per heavy atom. The summed E-state index contributed by atoms with van der Waals surface area (Å²) in [6.07, 6.45) is 4.22. The fraction of sp³-hybridized carbons (Fsp3) is 0.600. The van der Waals surface area contributed by atoms with Gasteiger partial charge in [0.1, 0.15) is 5.82 Å². The number of carbonyl (C=O) groups is 1. The van der Waals surface area contributed by atoms with E-state index in [-0.39, 0.29) is 5.91 Å². The van der Waals surface area contributed by atoms with Crippen molar-refractivity contribution in [3.8, 4) is 0 Å². The molecule has 0 radical (unpaired) electrons. The lowest BCUT2D eigenvalue weighted by molar-refractivity contribution is -0.120. The number of hydrogen-bond acceptors (Lipinski definition) is 3. The first-order valence-electron chi connectivity index (χ1n) is 5.17. The van der Waals surface area contributed by atoms with Crippen molar-refractivity contribution in [1.29, 1.82) is 0 Å². The number of aromatic amines is 1. The van der Waals surface area contributed by atoms with E-state index < -0.39 is 0 Å². The SMILES string of the molecule is CC(C)NCC(=O)NCCc1ncc[nH]1. The summed E-state index contributed by atoms with van der Waals surface area (Å²) in [7, 11) is 0. The zero-order valence-corrected chi connectivity index (χ0v) is 9.21. The van der Waals surface area contributed by atoms with Crippen LogP contribution in [0.4, 0.5) is 0 Å². The Kier molecular flexibility index (Phi) is 4.83. The summed E-state index contributed by atoms with van der Waals surface area (Å²) < 4.78 is 0. The number of imidazole rings is 1. The minimum absolute atomic E-state index is 0.0234. The molecule has 0 aliphatic rings. The number of nitrogens with one attached hydrogen (secondary N) is 3. The van der Waals surface area contributed by atoms with Gasteiger partial charge in [0.2, 0.25) is 5.91 Å². The molecule has 3 N–H and O–H groups in total. The van der Waals surface area contributed by atoms with Gasteiger partial charge >= 0.3 is 0 Å². The largest absolute Gasteiger partial charge is 0.355 e. The van der Waals surface area contributed by atoms with Gasteiger partial charge in [0, 0.05) is 31.4 Å². The van der Waals surface area contributed by atoms with Crippen LogP contribution >= 0.6 is 0 Å². The van der Waals surface area contributed by atoms with Crippen molar-refractivity contribution in [2.24, 2.45) is 0 Å². The molecule has 1 amide bonds. The lowest BCUT2D eigenvalue weighted by Crippen LogP contribution is -2.37. The van der Waals surface area contributed by atoms with Crippen molar-refractivity contribution in [2.45, 2.75) is 26.3 Å². The van der Waals surface area contributed by atoms with Gasteiger partial charge in [0.15, 0.2) is 0 Å². The standard InChI is InChI=1S/C10H18N4O/c1-8(2)14-7-10(15)13-4-3-9-11-5-6-12-9/h5-6,8,14H,3-4,7H2,1-2H3,(H,11,12)(H,13,15). The van der Waals surface area contributed by atoms with E-state index in [4.69, 9.17) is 0 Å². The first-order chi connectivity index (χ1) is 7.18. The maximum absolute atomic E-state index is 11.3. The lowest BCUT2D eigenvalue weighted by atomic mass is 10.3. The summed E-state index contributed by atoms with van der Waals surface area (Å²) in [4.78, 5) is 18.3. The van der Waals surface area contributed by atoms with E-state index in [0.29, 0.717) is 19.1 Å². The van der Waals surface area contributed by atoms with Crippen LogP contribution in [0.1, 0.15) is 19.7 Å². The predicted octanol–water partition coefficient (Wildman–Crippen LogP) is 0.0664. The highest BCUT2D eigenvalue weighted by atomic mass is 16.1. The summed E-state index contributed by atoms with van der Waals surface area (Å²) in [6, 6.07) is 0.334. The van der Waals surface area contributed by atoms with E-state index in [1.165, 1.54) is 0 Å². The summed E-state index contributed by atoms with van der Waals surface area (Å²) in [5.74, 6) is 0.919. The van der Waals surface area contributed by atoms with Gasteiger partial charge in [0.05, 0.1) is 6.54 Å². The minimum Gasteiger partial charge on any atom is -0.355 e. The smallest absolute Gasteiger partial charge is 0.233 e. The topological polar surface area (TPSA) is 69.8 Å². The highest BCUT2D eigenvalue weighted by molar-refractivity contribution is 5.77. The highest BCUT2D eigenvalue weighted by Gasteiger charge is 2.01. The molecular weight excluding hydrogens is 192 g/mol. The Morgan fingerprint density at radius 1 is 1.60 bits per heavy atom. The first kappa shape index (κ1) is 11.7. The van der Waals surface area contributed by atoms with Crippen LogP contribution in [0, 0.1) is 0 Å². The lowest BCUT2D eigenvalue weighted by Gasteiger charge is -2.08. The van der Waals surface area contributed by atoms with Gasteiger partial charge < -0.3 is 15.6 Å². The van der Waals surface area contributed by atoms with Crippen LogP contribution < -0.4 is 10.6 Å². The van der Waals surface area contributed by atoms with Gasteiger partial charge in [-0.25, -0.2) is 4.98 Å². The van der Waals surface area contributed by atoms with E-state index in [1.807, 2.05) is 13.8 Å². The zero-order valence-electron chi connectivity index (χ0n) is 9.21. The monoisotopic (exact) mass is 210 g/mol. The molecule has 0 saturated carbocycles. The molecule has 1 heterocycles. The molecule has 1 aromatic heterocycles. The molecule has 0 aliphatic carbocycles. The van der Waals surface area contributed by atoms with Crippen molar-refractivity contribution in [3.63, 3.8) is 0 Å². The minimum atomic E-state index is 0.0234. The Labute approximate surface area is 89.7 Å². The molecule has 0 bridgehead atoms. The summed E-state index contributed by atoms with van der Waals surface area (Å²) >= 11 is 0. The van der Waals surface area contributed by atoms with Crippen molar-refractivity contribution >= 4 is 5.91 Å². The summed E-state index contributed by atoms with van der Waals surface area (Å²) in [5, 5.41) is 5.87. The number of H-pyrrole nitrogens is 1. The average molecular weight is 210 g/mol. The van der Waals surface area contributed by atoms with Crippen LogP contribution in [0.15, 0.2) is 12.4 Å². The Balaban J connectivity index is 2.07. The van der Waals surface area contributed by atoms with E-state index in [2.05, 4.69) is 20.6 Å². The fourth-order valence-electron chi connectivity index (χ4n) is 1.11. The van der Waals surface area contributed by atoms with Crippen LogP contribution in [0.2, 0.25) is 0 Å². The second-order valence-corrected chi connectivity index (χ2v) is 3.67. The molecule has 1 rings (SSSR count). The second-order valence-electron chi connectivity index (χ2n) is 3.67. The third-order valence-corrected chi connectivity index (χ3v) is 1.91. The Bertz CT molecular complexity index is 282. The maximum atomic E-state index is 11.3. The number of hydrogen-bond donors (Lipinski definition) is 3. The molecule has 84 valence electrons. The van der Waals surface area contributed by atoms with Crippen LogP contribution in [0.5, 0.6) is 0 Å².